The molecule has 0 saturated carbocycles. The lowest BCUT2D eigenvalue weighted by Crippen LogP contribution is -2.47. The zero-order valence-corrected chi connectivity index (χ0v) is 16.3. The van der Waals surface area contributed by atoms with E-state index < -0.39 is 0 Å². The van der Waals surface area contributed by atoms with Gasteiger partial charge in [0, 0.05) is 30.2 Å². The van der Waals surface area contributed by atoms with Crippen molar-refractivity contribution in [3.05, 3.63) is 52.5 Å². The van der Waals surface area contributed by atoms with Gasteiger partial charge in [0.15, 0.2) is 0 Å². The average molecular weight is 390 g/mol. The number of aromatic nitrogens is 1. The molecule has 0 unspecified atom stereocenters. The van der Waals surface area contributed by atoms with Crippen LogP contribution in [0.15, 0.2) is 36.4 Å². The molecular formula is C20H24ClN3O3. The predicted octanol–water partition coefficient (Wildman–Crippen LogP) is 3.15. The molecule has 1 aliphatic rings. The van der Waals surface area contributed by atoms with Gasteiger partial charge < -0.3 is 14.8 Å². The molecule has 27 heavy (non-hydrogen) atoms. The molecule has 1 fully saturated rings. The Hall–Kier alpha value is -2.31. The molecule has 2 heterocycles. The first-order chi connectivity index (χ1) is 13.1. The first kappa shape index (κ1) is 19.5. The predicted molar refractivity (Wildman–Crippen MR) is 105 cm³/mol. The highest BCUT2D eigenvalue weighted by atomic mass is 35.5. The first-order valence-corrected chi connectivity index (χ1v) is 9.33. The van der Waals surface area contributed by atoms with Crippen LogP contribution in [0.25, 0.3) is 0 Å². The molecule has 1 aliphatic heterocycles. The molecule has 0 radical (unpaired) electrons. The van der Waals surface area contributed by atoms with Crippen molar-refractivity contribution in [2.75, 3.05) is 27.3 Å². The summed E-state index contributed by atoms with van der Waals surface area (Å²) in [6.07, 6.45) is 1.99. The van der Waals surface area contributed by atoms with Gasteiger partial charge in [-0.1, -0.05) is 23.7 Å². The Morgan fingerprint density at radius 3 is 2.70 bits per heavy atom. The van der Waals surface area contributed by atoms with Crippen LogP contribution in [0.4, 0.5) is 0 Å². The molecule has 1 N–H and O–H groups in total. The van der Waals surface area contributed by atoms with Crippen LogP contribution in [0.1, 0.15) is 28.8 Å². The first-order valence-electron chi connectivity index (χ1n) is 8.95. The van der Waals surface area contributed by atoms with Gasteiger partial charge in [-0.15, -0.1) is 0 Å². The van der Waals surface area contributed by atoms with E-state index in [2.05, 4.69) is 15.2 Å². The Kier molecular flexibility index (Phi) is 6.53. The van der Waals surface area contributed by atoms with Crippen molar-refractivity contribution in [1.82, 2.24) is 15.2 Å². The molecule has 1 saturated heterocycles. The van der Waals surface area contributed by atoms with E-state index >= 15 is 0 Å². The van der Waals surface area contributed by atoms with Crippen molar-refractivity contribution in [2.45, 2.75) is 25.4 Å². The van der Waals surface area contributed by atoms with Crippen molar-refractivity contribution in [3.63, 3.8) is 0 Å². The van der Waals surface area contributed by atoms with E-state index in [1.165, 1.54) is 19.8 Å². The summed E-state index contributed by atoms with van der Waals surface area (Å²) in [6.45, 7) is 2.67. The molecule has 1 aromatic heterocycles. The number of halogens is 1. The van der Waals surface area contributed by atoms with Gasteiger partial charge >= 0.3 is 0 Å². The van der Waals surface area contributed by atoms with Crippen LogP contribution < -0.4 is 14.8 Å². The lowest BCUT2D eigenvalue weighted by molar-refractivity contribution is 0.0897. The highest BCUT2D eigenvalue weighted by Gasteiger charge is 2.23. The van der Waals surface area contributed by atoms with E-state index in [1.807, 2.05) is 24.3 Å². The number of hydrogen-bond acceptors (Lipinski definition) is 5. The summed E-state index contributed by atoms with van der Waals surface area (Å²) in [5.74, 6) is 0.497. The van der Waals surface area contributed by atoms with Gasteiger partial charge in [-0.2, -0.15) is 4.98 Å². The summed E-state index contributed by atoms with van der Waals surface area (Å²) in [7, 11) is 3.02. The van der Waals surface area contributed by atoms with Crippen LogP contribution in [-0.4, -0.2) is 49.1 Å². The highest BCUT2D eigenvalue weighted by Crippen LogP contribution is 2.21. The number of nitrogens with zero attached hydrogens (tertiary/aromatic N) is 2. The normalized spacial score (nSPS) is 17.4. The number of likely N-dealkylation sites (tertiary alicyclic amines) is 1. The molecule has 0 aliphatic carbocycles. The third-order valence-corrected chi connectivity index (χ3v) is 4.89. The fourth-order valence-electron chi connectivity index (χ4n) is 3.29. The smallest absolute Gasteiger partial charge is 0.257 e. The Morgan fingerprint density at radius 1 is 1.22 bits per heavy atom. The van der Waals surface area contributed by atoms with Gasteiger partial charge in [0.05, 0.1) is 14.2 Å². The Labute approximate surface area is 164 Å². The number of benzene rings is 1. The van der Waals surface area contributed by atoms with Gasteiger partial charge in [-0.3, -0.25) is 9.69 Å². The van der Waals surface area contributed by atoms with Crippen LogP contribution in [0.2, 0.25) is 5.02 Å². The second-order valence-electron chi connectivity index (χ2n) is 6.58. The fraction of sp³-hybridized carbons (Fsp3) is 0.400. The highest BCUT2D eigenvalue weighted by molar-refractivity contribution is 6.30. The molecule has 6 nitrogen and oxygen atoms in total. The van der Waals surface area contributed by atoms with Crippen LogP contribution >= 0.6 is 11.6 Å². The lowest BCUT2D eigenvalue weighted by Gasteiger charge is -2.33. The van der Waals surface area contributed by atoms with Crippen LogP contribution in [-0.2, 0) is 6.54 Å². The molecule has 3 rings (SSSR count). The molecule has 0 spiro atoms. The van der Waals surface area contributed by atoms with Crippen molar-refractivity contribution in [1.29, 1.82) is 0 Å². The molecule has 2 aromatic rings. The van der Waals surface area contributed by atoms with Crippen molar-refractivity contribution in [3.8, 4) is 11.8 Å². The summed E-state index contributed by atoms with van der Waals surface area (Å²) in [6, 6.07) is 11.3. The Bertz CT molecular complexity index is 783. The van der Waals surface area contributed by atoms with E-state index in [4.69, 9.17) is 21.1 Å². The number of hydrogen-bond donors (Lipinski definition) is 1. The van der Waals surface area contributed by atoms with Crippen molar-refractivity contribution < 1.29 is 14.3 Å². The third-order valence-electron chi connectivity index (χ3n) is 4.64. The molecular weight excluding hydrogens is 366 g/mol. The van der Waals surface area contributed by atoms with Crippen LogP contribution in [0.5, 0.6) is 11.8 Å². The minimum Gasteiger partial charge on any atom is -0.481 e. The minimum absolute atomic E-state index is 0.0883. The maximum Gasteiger partial charge on any atom is 0.257 e. The zero-order valence-electron chi connectivity index (χ0n) is 15.6. The van der Waals surface area contributed by atoms with Gasteiger partial charge in [-0.05, 0) is 43.1 Å². The molecule has 1 aromatic carbocycles. The molecule has 7 heteroatoms. The van der Waals surface area contributed by atoms with Crippen LogP contribution in [0, 0.1) is 0 Å². The number of methoxy groups -OCH3 is 2. The number of carbonyl (C=O) groups is 1. The van der Waals surface area contributed by atoms with Gasteiger partial charge in [0.2, 0.25) is 11.8 Å². The van der Waals surface area contributed by atoms with E-state index in [0.29, 0.717) is 11.4 Å². The standard InChI is InChI=1S/C20H24ClN3O3/c1-26-18-10-9-17(20(23-18)27-2)19(25)22-16-4-3-11-24(13-16)12-14-5-7-15(21)8-6-14/h5-10,16H,3-4,11-13H2,1-2H3,(H,22,25)/t16-/m0/s1. The van der Waals surface area contributed by atoms with E-state index in [0.717, 1.165) is 37.5 Å². The largest absolute Gasteiger partial charge is 0.481 e. The number of rotatable bonds is 6. The van der Waals surface area contributed by atoms with Gasteiger partial charge in [0.1, 0.15) is 5.56 Å². The summed E-state index contributed by atoms with van der Waals surface area (Å²) in [4.78, 5) is 19.2. The zero-order chi connectivity index (χ0) is 19.2. The summed E-state index contributed by atoms with van der Waals surface area (Å²) >= 11 is 5.95. The van der Waals surface area contributed by atoms with Crippen molar-refractivity contribution >= 4 is 17.5 Å². The van der Waals surface area contributed by atoms with Gasteiger partial charge in [-0.25, -0.2) is 0 Å². The molecule has 1 atom stereocenters. The number of ether oxygens (including phenoxy) is 2. The topological polar surface area (TPSA) is 63.7 Å². The monoisotopic (exact) mass is 389 g/mol. The van der Waals surface area contributed by atoms with Gasteiger partial charge in [0.25, 0.3) is 5.91 Å². The number of nitrogens with one attached hydrogen (secondary N) is 1. The van der Waals surface area contributed by atoms with E-state index in [1.54, 1.807) is 12.1 Å². The lowest BCUT2D eigenvalue weighted by atomic mass is 10.0. The van der Waals surface area contributed by atoms with E-state index in [9.17, 15) is 4.79 Å². The fourth-order valence-corrected chi connectivity index (χ4v) is 3.42. The Balaban J connectivity index is 1.61. The second kappa shape index (κ2) is 9.06. The number of amides is 1. The number of carbonyl (C=O) groups excluding carboxylic acids is 1. The Morgan fingerprint density at radius 2 is 2.00 bits per heavy atom. The van der Waals surface area contributed by atoms with Crippen LogP contribution in [0.3, 0.4) is 0 Å². The van der Waals surface area contributed by atoms with Crippen molar-refractivity contribution in [2.24, 2.45) is 0 Å². The molecule has 1 amide bonds. The summed E-state index contributed by atoms with van der Waals surface area (Å²) in [5, 5.41) is 3.85. The number of pyridine rings is 1. The third kappa shape index (κ3) is 5.11. The van der Waals surface area contributed by atoms with E-state index in [-0.39, 0.29) is 17.8 Å². The number of piperidine rings is 1. The summed E-state index contributed by atoms with van der Waals surface area (Å²) in [5.41, 5.74) is 1.63. The quantitative estimate of drug-likeness (QED) is 0.822. The average Bonchev–Trinajstić information content (AvgIpc) is 2.69. The maximum atomic E-state index is 12.7. The SMILES string of the molecule is COc1ccc(C(=O)N[C@H]2CCCN(Cc3ccc(Cl)cc3)C2)c(OC)n1. The summed E-state index contributed by atoms with van der Waals surface area (Å²) < 4.78 is 10.3. The molecule has 144 valence electrons. The maximum absolute atomic E-state index is 12.7. The minimum atomic E-state index is -0.180. The second-order valence-corrected chi connectivity index (χ2v) is 7.02. The molecule has 0 bridgehead atoms.